The molecule has 4 nitrogen and oxygen atoms in total. The maximum Gasteiger partial charge on any atom is 0.0866 e. The lowest BCUT2D eigenvalue weighted by Gasteiger charge is -2.33. The molecule has 1 heterocycles. The third-order valence-corrected chi connectivity index (χ3v) is 2.58. The summed E-state index contributed by atoms with van der Waals surface area (Å²) in [7, 11) is 1.74. The summed E-state index contributed by atoms with van der Waals surface area (Å²) >= 11 is 0. The zero-order chi connectivity index (χ0) is 10.2. The van der Waals surface area contributed by atoms with E-state index < -0.39 is 0 Å². The van der Waals surface area contributed by atoms with Crippen molar-refractivity contribution in [2.24, 2.45) is 0 Å². The Balaban J connectivity index is 2.07. The quantitative estimate of drug-likeness (QED) is 0.465. The summed E-state index contributed by atoms with van der Waals surface area (Å²) < 4.78 is 5.01. The van der Waals surface area contributed by atoms with Crippen molar-refractivity contribution >= 4 is 0 Å². The van der Waals surface area contributed by atoms with Gasteiger partial charge in [0.2, 0.25) is 0 Å². The topological polar surface area (TPSA) is 39.5 Å². The maximum absolute atomic E-state index is 8.54. The van der Waals surface area contributed by atoms with Crippen LogP contribution in [0.3, 0.4) is 0 Å². The highest BCUT2D eigenvalue weighted by atomic mass is 16.5. The number of ether oxygens (including phenoxy) is 1. The van der Waals surface area contributed by atoms with Crippen LogP contribution >= 0.6 is 0 Å². The van der Waals surface area contributed by atoms with Gasteiger partial charge in [-0.1, -0.05) is 0 Å². The Morgan fingerprint density at radius 3 is 2.43 bits per heavy atom. The molecule has 1 aliphatic rings. The molecule has 0 atom stereocenters. The van der Waals surface area contributed by atoms with Gasteiger partial charge in [0.05, 0.1) is 12.6 Å². The summed E-state index contributed by atoms with van der Waals surface area (Å²) in [4.78, 5) is 4.64. The van der Waals surface area contributed by atoms with Gasteiger partial charge in [0.1, 0.15) is 0 Å². The van der Waals surface area contributed by atoms with E-state index in [1.54, 1.807) is 7.11 Å². The van der Waals surface area contributed by atoms with E-state index >= 15 is 0 Å². The number of nitrogens with zero attached hydrogens (tertiary/aromatic N) is 3. The summed E-state index contributed by atoms with van der Waals surface area (Å²) in [6, 6.07) is 2.19. The van der Waals surface area contributed by atoms with Crippen LogP contribution in [0.1, 0.15) is 6.42 Å². The molecule has 0 amide bonds. The van der Waals surface area contributed by atoms with Crippen LogP contribution in [-0.2, 0) is 4.74 Å². The van der Waals surface area contributed by atoms with E-state index in [0.717, 1.165) is 45.8 Å². The first kappa shape index (κ1) is 11.4. The smallest absolute Gasteiger partial charge is 0.0866 e. The van der Waals surface area contributed by atoms with Crippen LogP contribution in [0.2, 0.25) is 0 Å². The van der Waals surface area contributed by atoms with Gasteiger partial charge in [0.15, 0.2) is 0 Å². The molecule has 4 heteroatoms. The molecule has 1 saturated heterocycles. The van der Waals surface area contributed by atoms with Crippen LogP contribution in [0.4, 0.5) is 0 Å². The number of methoxy groups -OCH3 is 1. The molecule has 0 saturated carbocycles. The third kappa shape index (κ3) is 4.05. The van der Waals surface area contributed by atoms with Crippen molar-refractivity contribution in [3.8, 4) is 6.07 Å². The molecular formula is C10H19N3O. The fraction of sp³-hybridized carbons (Fsp3) is 0.900. The Bertz CT molecular complexity index is 182. The predicted octanol–water partition coefficient (Wildman–Crippen LogP) is 0.164. The molecule has 0 unspecified atom stereocenters. The summed E-state index contributed by atoms with van der Waals surface area (Å²) in [5.74, 6) is 0. The normalized spacial score (nSPS) is 19.4. The Morgan fingerprint density at radius 1 is 1.21 bits per heavy atom. The van der Waals surface area contributed by atoms with Gasteiger partial charge in [0, 0.05) is 46.4 Å². The zero-order valence-electron chi connectivity index (χ0n) is 8.91. The third-order valence-electron chi connectivity index (χ3n) is 2.58. The second-order valence-corrected chi connectivity index (χ2v) is 3.62. The standard InChI is InChI=1S/C10H19N3O/c1-14-10-2-4-12-6-8-13(5-3-11)9-7-12/h2,4-10H2,1H3. The van der Waals surface area contributed by atoms with Crippen LogP contribution in [0.15, 0.2) is 0 Å². The molecule has 1 fully saturated rings. The summed E-state index contributed by atoms with van der Waals surface area (Å²) in [6.07, 6.45) is 1.11. The number of rotatable bonds is 5. The van der Waals surface area contributed by atoms with E-state index in [0.29, 0.717) is 6.54 Å². The lowest BCUT2D eigenvalue weighted by Crippen LogP contribution is -2.46. The van der Waals surface area contributed by atoms with E-state index in [1.807, 2.05) is 0 Å². The fourth-order valence-electron chi connectivity index (χ4n) is 1.70. The Hall–Kier alpha value is -0.630. The monoisotopic (exact) mass is 197 g/mol. The van der Waals surface area contributed by atoms with Gasteiger partial charge >= 0.3 is 0 Å². The van der Waals surface area contributed by atoms with Crippen molar-refractivity contribution in [3.05, 3.63) is 0 Å². The van der Waals surface area contributed by atoms with Gasteiger partial charge < -0.3 is 9.64 Å². The molecule has 0 radical (unpaired) electrons. The molecule has 0 aliphatic carbocycles. The van der Waals surface area contributed by atoms with E-state index in [2.05, 4.69) is 15.9 Å². The van der Waals surface area contributed by atoms with Gasteiger partial charge in [-0.3, -0.25) is 4.90 Å². The molecule has 14 heavy (non-hydrogen) atoms. The summed E-state index contributed by atoms with van der Waals surface area (Å²) in [5.41, 5.74) is 0. The van der Waals surface area contributed by atoms with Crippen molar-refractivity contribution in [3.63, 3.8) is 0 Å². The van der Waals surface area contributed by atoms with Gasteiger partial charge in [-0.25, -0.2) is 0 Å². The first-order valence-corrected chi connectivity index (χ1v) is 5.17. The summed E-state index contributed by atoms with van der Waals surface area (Å²) in [6.45, 7) is 6.77. The Morgan fingerprint density at radius 2 is 1.86 bits per heavy atom. The van der Waals surface area contributed by atoms with Crippen LogP contribution in [-0.4, -0.2) is 62.8 Å². The van der Waals surface area contributed by atoms with Crippen molar-refractivity contribution in [2.75, 3.05) is 53.0 Å². The van der Waals surface area contributed by atoms with Crippen LogP contribution in [0.25, 0.3) is 0 Å². The maximum atomic E-state index is 8.54. The number of hydrogen-bond acceptors (Lipinski definition) is 4. The van der Waals surface area contributed by atoms with E-state index in [1.165, 1.54) is 0 Å². The fourth-order valence-corrected chi connectivity index (χ4v) is 1.70. The minimum Gasteiger partial charge on any atom is -0.385 e. The first-order valence-electron chi connectivity index (χ1n) is 5.17. The minimum atomic E-state index is 0.575. The van der Waals surface area contributed by atoms with Gasteiger partial charge in [-0.15, -0.1) is 0 Å². The molecule has 1 aliphatic heterocycles. The highest BCUT2D eigenvalue weighted by molar-refractivity contribution is 4.80. The largest absolute Gasteiger partial charge is 0.385 e. The molecule has 0 bridgehead atoms. The van der Waals surface area contributed by atoms with Crippen LogP contribution in [0, 0.1) is 11.3 Å². The number of nitriles is 1. The van der Waals surface area contributed by atoms with E-state index in [-0.39, 0.29) is 0 Å². The lowest BCUT2D eigenvalue weighted by molar-refractivity contribution is 0.124. The lowest BCUT2D eigenvalue weighted by atomic mass is 10.3. The van der Waals surface area contributed by atoms with E-state index in [4.69, 9.17) is 10.00 Å². The van der Waals surface area contributed by atoms with Crippen molar-refractivity contribution in [1.29, 1.82) is 5.26 Å². The molecule has 0 spiro atoms. The highest BCUT2D eigenvalue weighted by Crippen LogP contribution is 2.01. The van der Waals surface area contributed by atoms with Crippen molar-refractivity contribution in [2.45, 2.75) is 6.42 Å². The molecule has 0 aromatic carbocycles. The van der Waals surface area contributed by atoms with Gasteiger partial charge in [-0.05, 0) is 6.42 Å². The second-order valence-electron chi connectivity index (χ2n) is 3.62. The predicted molar refractivity (Wildman–Crippen MR) is 55.0 cm³/mol. The summed E-state index contributed by atoms with van der Waals surface area (Å²) in [5, 5.41) is 8.54. The minimum absolute atomic E-state index is 0.575. The molecule has 0 aromatic rings. The average molecular weight is 197 g/mol. The molecule has 1 rings (SSSR count). The van der Waals surface area contributed by atoms with Crippen LogP contribution in [0.5, 0.6) is 0 Å². The zero-order valence-corrected chi connectivity index (χ0v) is 8.91. The number of piperazine rings is 1. The van der Waals surface area contributed by atoms with Gasteiger partial charge in [0.25, 0.3) is 0 Å². The molecular weight excluding hydrogens is 178 g/mol. The first-order chi connectivity index (χ1) is 6.86. The average Bonchev–Trinajstić information content (AvgIpc) is 2.21. The Kier molecular flexibility index (Phi) is 5.53. The highest BCUT2D eigenvalue weighted by Gasteiger charge is 2.15. The Labute approximate surface area is 86.0 Å². The molecule has 0 N–H and O–H groups in total. The molecule has 80 valence electrons. The van der Waals surface area contributed by atoms with Crippen molar-refractivity contribution < 1.29 is 4.74 Å². The SMILES string of the molecule is COCCCN1CCN(CC#N)CC1. The second kappa shape index (κ2) is 6.77. The van der Waals surface area contributed by atoms with Gasteiger partial charge in [-0.2, -0.15) is 5.26 Å². The van der Waals surface area contributed by atoms with E-state index in [9.17, 15) is 0 Å². The molecule has 0 aromatic heterocycles. The van der Waals surface area contributed by atoms with Crippen molar-refractivity contribution in [1.82, 2.24) is 9.80 Å². The van der Waals surface area contributed by atoms with Crippen LogP contribution < -0.4 is 0 Å². The number of hydrogen-bond donors (Lipinski definition) is 0.